The van der Waals surface area contributed by atoms with Crippen LogP contribution in [0, 0.1) is 0 Å². The standard InChI is InChI=1S/C17H13Cl2NO3/c1-23-17(22)11-5-7-12(8-6-11)20-16(21)10-9-13-14(18)3-2-4-15(13)19/h2-10H,1H3,(H,20,21)/b10-9+. The predicted molar refractivity (Wildman–Crippen MR) is 91.9 cm³/mol. The van der Waals surface area contributed by atoms with Crippen molar-refractivity contribution in [1.29, 1.82) is 0 Å². The van der Waals surface area contributed by atoms with Crippen molar-refractivity contribution in [2.24, 2.45) is 0 Å². The number of hydrogen-bond acceptors (Lipinski definition) is 3. The number of benzene rings is 2. The highest BCUT2D eigenvalue weighted by atomic mass is 35.5. The molecule has 2 aromatic rings. The van der Waals surface area contributed by atoms with Gasteiger partial charge >= 0.3 is 5.97 Å². The van der Waals surface area contributed by atoms with Gasteiger partial charge in [0.05, 0.1) is 12.7 Å². The maximum absolute atomic E-state index is 11.9. The summed E-state index contributed by atoms with van der Waals surface area (Å²) >= 11 is 12.0. The highest BCUT2D eigenvalue weighted by Gasteiger charge is 2.06. The number of ether oxygens (including phenoxy) is 1. The van der Waals surface area contributed by atoms with Crippen LogP contribution in [-0.2, 0) is 9.53 Å². The minimum absolute atomic E-state index is 0.341. The van der Waals surface area contributed by atoms with Crippen molar-refractivity contribution in [3.63, 3.8) is 0 Å². The number of amides is 1. The summed E-state index contributed by atoms with van der Waals surface area (Å²) in [6.45, 7) is 0. The number of methoxy groups -OCH3 is 1. The SMILES string of the molecule is COC(=O)c1ccc(NC(=O)/C=C/c2c(Cl)cccc2Cl)cc1. The molecule has 4 nitrogen and oxygen atoms in total. The summed E-state index contributed by atoms with van der Waals surface area (Å²) in [5.41, 5.74) is 1.54. The number of anilines is 1. The zero-order valence-electron chi connectivity index (χ0n) is 12.2. The van der Waals surface area contributed by atoms with Crippen LogP contribution < -0.4 is 5.32 Å². The van der Waals surface area contributed by atoms with Gasteiger partial charge in [-0.15, -0.1) is 0 Å². The van der Waals surface area contributed by atoms with Gasteiger partial charge in [-0.05, 0) is 42.5 Å². The first-order valence-corrected chi connectivity index (χ1v) is 7.38. The quantitative estimate of drug-likeness (QED) is 0.656. The molecule has 0 spiro atoms. The van der Waals surface area contributed by atoms with Crippen LogP contribution >= 0.6 is 23.2 Å². The minimum Gasteiger partial charge on any atom is -0.465 e. The van der Waals surface area contributed by atoms with Crippen LogP contribution in [0.3, 0.4) is 0 Å². The molecule has 23 heavy (non-hydrogen) atoms. The Kier molecular flexibility index (Phi) is 5.79. The number of hydrogen-bond donors (Lipinski definition) is 1. The third-order valence-electron chi connectivity index (χ3n) is 2.97. The Morgan fingerprint density at radius 2 is 1.65 bits per heavy atom. The molecular weight excluding hydrogens is 337 g/mol. The first kappa shape index (κ1) is 17.1. The summed E-state index contributed by atoms with van der Waals surface area (Å²) in [5.74, 6) is -0.775. The third-order valence-corrected chi connectivity index (χ3v) is 3.63. The van der Waals surface area contributed by atoms with E-state index in [-0.39, 0.29) is 5.91 Å². The Morgan fingerprint density at radius 3 is 2.22 bits per heavy atom. The van der Waals surface area contributed by atoms with E-state index in [9.17, 15) is 9.59 Å². The van der Waals surface area contributed by atoms with Gasteiger partial charge < -0.3 is 10.1 Å². The molecule has 0 atom stereocenters. The van der Waals surface area contributed by atoms with Gasteiger partial charge in [0.25, 0.3) is 0 Å². The molecule has 0 heterocycles. The zero-order valence-corrected chi connectivity index (χ0v) is 13.7. The Morgan fingerprint density at radius 1 is 1.04 bits per heavy atom. The van der Waals surface area contributed by atoms with Gasteiger partial charge in [-0.1, -0.05) is 29.3 Å². The number of rotatable bonds is 4. The van der Waals surface area contributed by atoms with E-state index in [1.807, 2.05) is 0 Å². The van der Waals surface area contributed by atoms with E-state index < -0.39 is 5.97 Å². The highest BCUT2D eigenvalue weighted by Crippen LogP contribution is 2.25. The van der Waals surface area contributed by atoms with Crippen molar-refractivity contribution in [3.8, 4) is 0 Å². The van der Waals surface area contributed by atoms with Crippen molar-refractivity contribution in [2.75, 3.05) is 12.4 Å². The van der Waals surface area contributed by atoms with Crippen LogP contribution in [0.2, 0.25) is 10.0 Å². The van der Waals surface area contributed by atoms with Gasteiger partial charge in [0.2, 0.25) is 5.91 Å². The lowest BCUT2D eigenvalue weighted by atomic mass is 10.2. The van der Waals surface area contributed by atoms with Gasteiger partial charge in [-0.3, -0.25) is 4.79 Å². The van der Waals surface area contributed by atoms with Gasteiger partial charge in [0.1, 0.15) is 0 Å². The van der Waals surface area contributed by atoms with E-state index >= 15 is 0 Å². The molecule has 118 valence electrons. The maximum atomic E-state index is 11.9. The van der Waals surface area contributed by atoms with Crippen molar-refractivity contribution < 1.29 is 14.3 Å². The molecule has 0 radical (unpaired) electrons. The first-order chi connectivity index (χ1) is 11.0. The van der Waals surface area contributed by atoms with Crippen molar-refractivity contribution >= 4 is 46.8 Å². The normalized spacial score (nSPS) is 10.6. The largest absolute Gasteiger partial charge is 0.465 e. The number of esters is 1. The lowest BCUT2D eigenvalue weighted by Gasteiger charge is -2.04. The van der Waals surface area contributed by atoms with Gasteiger partial charge in [0.15, 0.2) is 0 Å². The van der Waals surface area contributed by atoms with Crippen molar-refractivity contribution in [2.45, 2.75) is 0 Å². The molecule has 0 saturated heterocycles. The summed E-state index contributed by atoms with van der Waals surface area (Å²) in [4.78, 5) is 23.2. The lowest BCUT2D eigenvalue weighted by molar-refractivity contribution is -0.111. The highest BCUT2D eigenvalue weighted by molar-refractivity contribution is 6.37. The second-order valence-corrected chi connectivity index (χ2v) is 5.34. The van der Waals surface area contributed by atoms with Crippen LogP contribution in [-0.4, -0.2) is 19.0 Å². The van der Waals surface area contributed by atoms with Crippen LogP contribution in [0.15, 0.2) is 48.5 Å². The Labute approximate surface area is 143 Å². The molecule has 1 amide bonds. The smallest absolute Gasteiger partial charge is 0.337 e. The number of halogens is 2. The first-order valence-electron chi connectivity index (χ1n) is 6.62. The summed E-state index contributed by atoms with van der Waals surface area (Å²) in [7, 11) is 1.31. The zero-order chi connectivity index (χ0) is 16.8. The summed E-state index contributed by atoms with van der Waals surface area (Å²) in [5, 5.41) is 3.60. The predicted octanol–water partition coefficient (Wildman–Crippen LogP) is 4.43. The molecule has 6 heteroatoms. The molecular formula is C17H13Cl2NO3. The molecule has 2 rings (SSSR count). The van der Waals surface area contributed by atoms with E-state index in [0.717, 1.165) is 0 Å². The number of carbonyl (C=O) groups excluding carboxylic acids is 2. The van der Waals surface area contributed by atoms with Gasteiger partial charge in [-0.2, -0.15) is 0 Å². The van der Waals surface area contributed by atoms with E-state index in [4.69, 9.17) is 23.2 Å². The minimum atomic E-state index is -0.434. The monoisotopic (exact) mass is 349 g/mol. The Bertz CT molecular complexity index is 735. The van der Waals surface area contributed by atoms with Crippen LogP contribution in [0.25, 0.3) is 6.08 Å². The summed E-state index contributed by atoms with van der Waals surface area (Å²) in [6.07, 6.45) is 2.88. The van der Waals surface area contributed by atoms with Gasteiger partial charge in [0, 0.05) is 27.4 Å². The lowest BCUT2D eigenvalue weighted by Crippen LogP contribution is -2.08. The molecule has 0 aliphatic carbocycles. The molecule has 0 bridgehead atoms. The average molecular weight is 350 g/mol. The second kappa shape index (κ2) is 7.81. The molecule has 1 N–H and O–H groups in total. The fourth-order valence-corrected chi connectivity index (χ4v) is 2.34. The Hall–Kier alpha value is -2.30. The van der Waals surface area contributed by atoms with Gasteiger partial charge in [-0.25, -0.2) is 4.79 Å². The van der Waals surface area contributed by atoms with E-state index in [2.05, 4.69) is 10.1 Å². The molecule has 2 aromatic carbocycles. The van der Waals surface area contributed by atoms with Crippen LogP contribution in [0.5, 0.6) is 0 Å². The Balaban J connectivity index is 2.05. The maximum Gasteiger partial charge on any atom is 0.337 e. The van der Waals surface area contributed by atoms with Crippen LogP contribution in [0.1, 0.15) is 15.9 Å². The molecule has 0 unspecified atom stereocenters. The van der Waals surface area contributed by atoms with E-state index in [1.54, 1.807) is 48.5 Å². The average Bonchev–Trinajstić information content (AvgIpc) is 2.54. The van der Waals surface area contributed by atoms with E-state index in [0.29, 0.717) is 26.9 Å². The fourth-order valence-electron chi connectivity index (χ4n) is 1.82. The topological polar surface area (TPSA) is 55.4 Å². The summed E-state index contributed by atoms with van der Waals surface area (Å²) < 4.78 is 4.60. The molecule has 0 aliphatic rings. The molecule has 0 aromatic heterocycles. The second-order valence-electron chi connectivity index (χ2n) is 4.53. The van der Waals surface area contributed by atoms with Crippen molar-refractivity contribution in [1.82, 2.24) is 0 Å². The number of nitrogens with one attached hydrogen (secondary N) is 1. The number of carbonyl (C=O) groups is 2. The van der Waals surface area contributed by atoms with Crippen molar-refractivity contribution in [3.05, 3.63) is 69.7 Å². The fraction of sp³-hybridized carbons (Fsp3) is 0.0588. The molecule has 0 fully saturated rings. The summed E-state index contributed by atoms with van der Waals surface area (Å²) in [6, 6.07) is 11.5. The third kappa shape index (κ3) is 4.58. The van der Waals surface area contributed by atoms with E-state index in [1.165, 1.54) is 13.2 Å². The molecule has 0 saturated carbocycles. The van der Waals surface area contributed by atoms with Crippen LogP contribution in [0.4, 0.5) is 5.69 Å². The molecule has 0 aliphatic heterocycles.